The number of methoxy groups -OCH3 is 1. The van der Waals surface area contributed by atoms with E-state index in [1.54, 1.807) is 25.1 Å². The van der Waals surface area contributed by atoms with Crippen molar-refractivity contribution in [2.24, 2.45) is 0 Å². The number of carbonyl (C=O) groups excluding carboxylic acids is 1. The first kappa shape index (κ1) is 13.6. The fourth-order valence-corrected chi connectivity index (χ4v) is 1.88. The number of ether oxygens (including phenoxy) is 1. The zero-order valence-electron chi connectivity index (χ0n) is 10.3. The highest BCUT2D eigenvalue weighted by atomic mass is 32.2. The van der Waals surface area contributed by atoms with Gasteiger partial charge in [0.05, 0.1) is 7.11 Å². The second-order valence-electron chi connectivity index (χ2n) is 3.58. The fraction of sp³-hybridized carbons (Fsp3) is 0.308. The molecular formula is C13H17NO2S. The average molecular weight is 251 g/mol. The topological polar surface area (TPSA) is 29.5 Å². The molecule has 0 aliphatic carbocycles. The Morgan fingerprint density at radius 2 is 2.06 bits per heavy atom. The van der Waals surface area contributed by atoms with Gasteiger partial charge in [-0.1, -0.05) is 17.8 Å². The first-order valence-electron chi connectivity index (χ1n) is 5.29. The Labute approximate surface area is 106 Å². The van der Waals surface area contributed by atoms with Gasteiger partial charge in [0.25, 0.3) is 5.24 Å². The van der Waals surface area contributed by atoms with Crippen LogP contribution in [0.15, 0.2) is 36.9 Å². The smallest absolute Gasteiger partial charge is 0.286 e. The summed E-state index contributed by atoms with van der Waals surface area (Å²) in [6.07, 6.45) is 1.75. The number of amides is 1. The lowest BCUT2D eigenvalue weighted by atomic mass is 10.3. The number of anilines is 1. The third-order valence-electron chi connectivity index (χ3n) is 2.35. The highest BCUT2D eigenvalue weighted by Gasteiger charge is 2.13. The maximum absolute atomic E-state index is 11.9. The van der Waals surface area contributed by atoms with Crippen molar-refractivity contribution in [1.82, 2.24) is 0 Å². The standard InChI is InChI=1S/C13H17NO2S/c1-5-10(2)17-13(15)14(3)11-6-8-12(16-4)9-7-11/h5-10H,1H2,2-4H3. The van der Waals surface area contributed by atoms with Crippen LogP contribution in [0, 0.1) is 0 Å². The van der Waals surface area contributed by atoms with Gasteiger partial charge in [-0.2, -0.15) is 0 Å². The van der Waals surface area contributed by atoms with Crippen LogP contribution in [0.4, 0.5) is 10.5 Å². The molecule has 1 rings (SSSR count). The number of nitrogens with zero attached hydrogens (tertiary/aromatic N) is 1. The highest BCUT2D eigenvalue weighted by Crippen LogP contribution is 2.23. The monoisotopic (exact) mass is 251 g/mol. The van der Waals surface area contributed by atoms with E-state index in [4.69, 9.17) is 4.74 Å². The van der Waals surface area contributed by atoms with Gasteiger partial charge >= 0.3 is 0 Å². The van der Waals surface area contributed by atoms with E-state index < -0.39 is 0 Å². The predicted molar refractivity (Wildman–Crippen MR) is 74.0 cm³/mol. The normalized spacial score (nSPS) is 11.7. The molecule has 1 aromatic rings. The van der Waals surface area contributed by atoms with Crippen molar-refractivity contribution in [3.05, 3.63) is 36.9 Å². The molecule has 0 aliphatic rings. The molecule has 4 heteroatoms. The molecule has 3 nitrogen and oxygen atoms in total. The molecule has 0 fully saturated rings. The summed E-state index contributed by atoms with van der Waals surface area (Å²) < 4.78 is 5.07. The lowest BCUT2D eigenvalue weighted by Gasteiger charge is -2.18. The van der Waals surface area contributed by atoms with E-state index in [0.29, 0.717) is 0 Å². The molecule has 92 valence electrons. The SMILES string of the molecule is C=CC(C)SC(=O)N(C)c1ccc(OC)cc1. The lowest BCUT2D eigenvalue weighted by Crippen LogP contribution is -2.23. The van der Waals surface area contributed by atoms with Crippen molar-refractivity contribution in [1.29, 1.82) is 0 Å². The van der Waals surface area contributed by atoms with E-state index in [1.807, 2.05) is 31.2 Å². The molecule has 17 heavy (non-hydrogen) atoms. The highest BCUT2D eigenvalue weighted by molar-refractivity contribution is 8.14. The van der Waals surface area contributed by atoms with Crippen molar-refractivity contribution in [2.75, 3.05) is 19.1 Å². The van der Waals surface area contributed by atoms with Gasteiger partial charge < -0.3 is 9.64 Å². The summed E-state index contributed by atoms with van der Waals surface area (Å²) in [5.74, 6) is 0.779. The molecule has 1 amide bonds. The molecule has 0 aliphatic heterocycles. The van der Waals surface area contributed by atoms with Gasteiger partial charge in [-0.15, -0.1) is 6.58 Å². The molecule has 0 saturated carbocycles. The molecule has 1 aromatic carbocycles. The Hall–Kier alpha value is -1.42. The van der Waals surface area contributed by atoms with Gasteiger partial charge in [0, 0.05) is 18.0 Å². The van der Waals surface area contributed by atoms with Crippen molar-refractivity contribution < 1.29 is 9.53 Å². The first-order chi connectivity index (χ1) is 8.08. The molecule has 0 radical (unpaired) electrons. The zero-order valence-corrected chi connectivity index (χ0v) is 11.2. The third-order valence-corrected chi connectivity index (χ3v) is 3.39. The van der Waals surface area contributed by atoms with Crippen LogP contribution in [-0.2, 0) is 0 Å². The molecule has 0 N–H and O–H groups in total. The van der Waals surface area contributed by atoms with E-state index in [1.165, 1.54) is 11.8 Å². The van der Waals surface area contributed by atoms with Crippen LogP contribution >= 0.6 is 11.8 Å². The average Bonchev–Trinajstić information content (AvgIpc) is 2.37. The summed E-state index contributed by atoms with van der Waals surface area (Å²) in [7, 11) is 3.37. The van der Waals surface area contributed by atoms with E-state index in [0.717, 1.165) is 11.4 Å². The first-order valence-corrected chi connectivity index (χ1v) is 6.17. The van der Waals surface area contributed by atoms with E-state index in [-0.39, 0.29) is 10.5 Å². The van der Waals surface area contributed by atoms with Crippen LogP contribution in [0.3, 0.4) is 0 Å². The molecule has 0 spiro atoms. The van der Waals surface area contributed by atoms with Crippen LogP contribution in [0.2, 0.25) is 0 Å². The Morgan fingerprint density at radius 1 is 1.47 bits per heavy atom. The van der Waals surface area contributed by atoms with Crippen molar-refractivity contribution in [3.63, 3.8) is 0 Å². The zero-order chi connectivity index (χ0) is 12.8. The molecule has 0 saturated heterocycles. The summed E-state index contributed by atoms with van der Waals surface area (Å²) >= 11 is 1.25. The maximum Gasteiger partial charge on any atom is 0.286 e. The predicted octanol–water partition coefficient (Wildman–Crippen LogP) is 3.56. The van der Waals surface area contributed by atoms with Gasteiger partial charge in [-0.25, -0.2) is 0 Å². The van der Waals surface area contributed by atoms with Crippen molar-refractivity contribution in [2.45, 2.75) is 12.2 Å². The van der Waals surface area contributed by atoms with E-state index in [9.17, 15) is 4.79 Å². The van der Waals surface area contributed by atoms with Crippen LogP contribution in [0.1, 0.15) is 6.92 Å². The summed E-state index contributed by atoms with van der Waals surface area (Å²) in [6.45, 7) is 5.60. The van der Waals surface area contributed by atoms with Crippen molar-refractivity contribution in [3.8, 4) is 5.75 Å². The van der Waals surface area contributed by atoms with E-state index >= 15 is 0 Å². The minimum atomic E-state index is 0.00238. The molecule has 1 atom stereocenters. The lowest BCUT2D eigenvalue weighted by molar-refractivity contribution is 0.266. The summed E-state index contributed by atoms with van der Waals surface area (Å²) in [4.78, 5) is 13.5. The number of thioether (sulfide) groups is 1. The second kappa shape index (κ2) is 6.35. The number of carbonyl (C=O) groups is 1. The third kappa shape index (κ3) is 3.82. The minimum absolute atomic E-state index is 0.00238. The number of hydrogen-bond donors (Lipinski definition) is 0. The van der Waals surface area contributed by atoms with Gasteiger partial charge in [-0.3, -0.25) is 4.79 Å². The van der Waals surface area contributed by atoms with Crippen LogP contribution in [-0.4, -0.2) is 24.6 Å². The largest absolute Gasteiger partial charge is 0.497 e. The number of benzene rings is 1. The Balaban J connectivity index is 2.70. The number of hydrogen-bond acceptors (Lipinski definition) is 3. The molecule has 0 heterocycles. The Morgan fingerprint density at radius 3 is 2.53 bits per heavy atom. The van der Waals surface area contributed by atoms with Crippen LogP contribution in [0.5, 0.6) is 5.75 Å². The Bertz CT molecular complexity index is 389. The quantitative estimate of drug-likeness (QED) is 0.766. The van der Waals surface area contributed by atoms with E-state index in [2.05, 4.69) is 6.58 Å². The molecule has 0 aromatic heterocycles. The minimum Gasteiger partial charge on any atom is -0.497 e. The Kier molecular flexibility index (Phi) is 5.10. The van der Waals surface area contributed by atoms with Crippen LogP contribution < -0.4 is 9.64 Å². The van der Waals surface area contributed by atoms with Gasteiger partial charge in [-0.05, 0) is 31.2 Å². The van der Waals surface area contributed by atoms with Crippen LogP contribution in [0.25, 0.3) is 0 Å². The number of rotatable bonds is 4. The summed E-state index contributed by atoms with van der Waals surface area (Å²) in [6, 6.07) is 7.38. The second-order valence-corrected chi connectivity index (χ2v) is 4.91. The fourth-order valence-electron chi connectivity index (χ4n) is 1.20. The van der Waals surface area contributed by atoms with Gasteiger partial charge in [0.2, 0.25) is 0 Å². The van der Waals surface area contributed by atoms with Gasteiger partial charge in [0.15, 0.2) is 0 Å². The molecular weight excluding hydrogens is 234 g/mol. The van der Waals surface area contributed by atoms with Gasteiger partial charge in [0.1, 0.15) is 5.75 Å². The van der Waals surface area contributed by atoms with Crippen molar-refractivity contribution >= 4 is 22.7 Å². The molecule has 0 bridgehead atoms. The summed E-state index contributed by atoms with van der Waals surface area (Å²) in [5, 5.41) is 0.116. The molecule has 1 unspecified atom stereocenters. The summed E-state index contributed by atoms with van der Waals surface area (Å²) in [5.41, 5.74) is 0.847. The maximum atomic E-state index is 11.9.